The number of nitrogens with one attached hydrogen (secondary N) is 1. The lowest BCUT2D eigenvalue weighted by molar-refractivity contribution is -0.137. The number of thiophene rings is 1. The zero-order chi connectivity index (χ0) is 26.2. The topological polar surface area (TPSA) is 90.3 Å². The number of ether oxygens (including phenoxy) is 1. The van der Waals surface area contributed by atoms with Crippen molar-refractivity contribution < 1.29 is 27.5 Å². The molecule has 36 heavy (non-hydrogen) atoms. The van der Waals surface area contributed by atoms with E-state index in [0.29, 0.717) is 0 Å². The molecule has 4 rings (SSSR count). The predicted octanol–water partition coefficient (Wildman–Crippen LogP) is 6.20. The molecule has 4 aromatic rings. The standard InChI is InChI=1S/C23H14Cl2F3N3O4S/c1-2-35-22(34)18-15-10-36-20(29-19(32)14-9-12(24)5-8-16(14)25)17(15)21(33)31(30-18)13-6-3-11(4-7-13)23(26,27)28/h3-10H,2H2,1H3,(H,29,32). The molecule has 0 aliphatic rings. The molecule has 0 aliphatic heterocycles. The Labute approximate surface area is 215 Å². The van der Waals surface area contributed by atoms with Gasteiger partial charge in [0.05, 0.1) is 33.8 Å². The van der Waals surface area contributed by atoms with Gasteiger partial charge in [0.1, 0.15) is 5.00 Å². The van der Waals surface area contributed by atoms with Crippen LogP contribution in [0.15, 0.2) is 52.6 Å². The average Bonchev–Trinajstić information content (AvgIpc) is 3.24. The zero-order valence-electron chi connectivity index (χ0n) is 18.2. The van der Waals surface area contributed by atoms with Gasteiger partial charge in [0.2, 0.25) is 0 Å². The van der Waals surface area contributed by atoms with Gasteiger partial charge in [-0.15, -0.1) is 11.3 Å². The second-order valence-corrected chi connectivity index (χ2v) is 8.99. The van der Waals surface area contributed by atoms with E-state index in [0.717, 1.165) is 40.3 Å². The van der Waals surface area contributed by atoms with Crippen molar-refractivity contribution in [2.75, 3.05) is 11.9 Å². The lowest BCUT2D eigenvalue weighted by atomic mass is 10.2. The van der Waals surface area contributed by atoms with Gasteiger partial charge in [-0.25, -0.2) is 4.79 Å². The average molecular weight is 556 g/mol. The molecular formula is C23H14Cl2F3N3O4S. The smallest absolute Gasteiger partial charge is 0.416 e. The summed E-state index contributed by atoms with van der Waals surface area (Å²) in [6, 6.07) is 7.96. The molecule has 0 atom stereocenters. The second-order valence-electron chi connectivity index (χ2n) is 7.26. The minimum atomic E-state index is -4.58. The van der Waals surface area contributed by atoms with Crippen molar-refractivity contribution in [2.24, 2.45) is 0 Å². The van der Waals surface area contributed by atoms with Crippen LogP contribution in [0, 0.1) is 0 Å². The van der Waals surface area contributed by atoms with Gasteiger partial charge in [-0.3, -0.25) is 9.59 Å². The number of carbonyl (C=O) groups is 2. The molecule has 2 aromatic carbocycles. The first-order chi connectivity index (χ1) is 17.0. The summed E-state index contributed by atoms with van der Waals surface area (Å²) in [4.78, 5) is 38.9. The Balaban J connectivity index is 1.87. The predicted molar refractivity (Wildman–Crippen MR) is 131 cm³/mol. The molecule has 0 aliphatic carbocycles. The van der Waals surface area contributed by atoms with Crippen molar-refractivity contribution >= 4 is 62.2 Å². The first-order valence-corrected chi connectivity index (χ1v) is 11.8. The number of rotatable bonds is 5. The summed E-state index contributed by atoms with van der Waals surface area (Å²) in [5.41, 5.74) is -1.92. The van der Waals surface area contributed by atoms with Crippen molar-refractivity contribution in [3.63, 3.8) is 0 Å². The van der Waals surface area contributed by atoms with Crippen LogP contribution in [0.4, 0.5) is 18.2 Å². The van der Waals surface area contributed by atoms with Gasteiger partial charge in [-0.1, -0.05) is 23.2 Å². The monoisotopic (exact) mass is 555 g/mol. The lowest BCUT2D eigenvalue weighted by Gasteiger charge is -2.11. The highest BCUT2D eigenvalue weighted by atomic mass is 35.5. The largest absolute Gasteiger partial charge is 0.461 e. The zero-order valence-corrected chi connectivity index (χ0v) is 20.5. The van der Waals surface area contributed by atoms with Crippen LogP contribution in [0.25, 0.3) is 16.5 Å². The third-order valence-electron chi connectivity index (χ3n) is 4.96. The van der Waals surface area contributed by atoms with Gasteiger partial charge in [0.15, 0.2) is 5.69 Å². The molecule has 0 spiro atoms. The Morgan fingerprint density at radius 3 is 2.47 bits per heavy atom. The van der Waals surface area contributed by atoms with E-state index in [-0.39, 0.29) is 49.4 Å². The van der Waals surface area contributed by atoms with Gasteiger partial charge in [-0.05, 0) is 49.4 Å². The Morgan fingerprint density at radius 2 is 1.83 bits per heavy atom. The Hall–Kier alpha value is -3.41. The van der Waals surface area contributed by atoms with Gasteiger partial charge in [-0.2, -0.15) is 23.0 Å². The fourth-order valence-corrected chi connectivity index (χ4v) is 4.61. The number of esters is 1. The fourth-order valence-electron chi connectivity index (χ4n) is 3.30. The summed E-state index contributed by atoms with van der Waals surface area (Å²) < 4.78 is 44.8. The van der Waals surface area contributed by atoms with Crippen molar-refractivity contribution in [1.29, 1.82) is 0 Å². The quantitative estimate of drug-likeness (QED) is 0.296. The van der Waals surface area contributed by atoms with Crippen LogP contribution in [0.2, 0.25) is 10.0 Å². The van der Waals surface area contributed by atoms with Gasteiger partial charge < -0.3 is 10.1 Å². The summed E-state index contributed by atoms with van der Waals surface area (Å²) >= 11 is 13.0. The molecule has 2 heterocycles. The minimum Gasteiger partial charge on any atom is -0.461 e. The van der Waals surface area contributed by atoms with Crippen LogP contribution in [-0.4, -0.2) is 28.3 Å². The van der Waals surface area contributed by atoms with Crippen LogP contribution in [0.3, 0.4) is 0 Å². The van der Waals surface area contributed by atoms with Crippen LogP contribution in [0.1, 0.15) is 33.3 Å². The highest BCUT2D eigenvalue weighted by Gasteiger charge is 2.30. The lowest BCUT2D eigenvalue weighted by Crippen LogP contribution is -2.25. The van der Waals surface area contributed by atoms with E-state index in [9.17, 15) is 27.6 Å². The number of fused-ring (bicyclic) bond motifs is 1. The number of carbonyl (C=O) groups excluding carboxylic acids is 2. The van der Waals surface area contributed by atoms with E-state index < -0.39 is 29.2 Å². The Morgan fingerprint density at radius 1 is 1.14 bits per heavy atom. The van der Waals surface area contributed by atoms with Crippen LogP contribution >= 0.6 is 34.5 Å². The van der Waals surface area contributed by atoms with E-state index in [1.807, 2.05) is 0 Å². The van der Waals surface area contributed by atoms with Gasteiger partial charge in [0, 0.05) is 15.8 Å². The number of hydrogen-bond donors (Lipinski definition) is 1. The van der Waals surface area contributed by atoms with E-state index in [1.165, 1.54) is 23.6 Å². The van der Waals surface area contributed by atoms with Gasteiger partial charge >= 0.3 is 12.1 Å². The second kappa shape index (κ2) is 9.92. The Kier molecular flexibility index (Phi) is 7.07. The van der Waals surface area contributed by atoms with E-state index >= 15 is 0 Å². The summed E-state index contributed by atoms with van der Waals surface area (Å²) in [5.74, 6) is -1.52. The number of nitrogens with zero attached hydrogens (tertiary/aromatic N) is 2. The maximum Gasteiger partial charge on any atom is 0.416 e. The highest BCUT2D eigenvalue weighted by molar-refractivity contribution is 7.16. The fraction of sp³-hybridized carbons (Fsp3) is 0.130. The van der Waals surface area contributed by atoms with E-state index in [1.54, 1.807) is 6.92 Å². The number of hydrogen-bond acceptors (Lipinski definition) is 6. The van der Waals surface area contributed by atoms with Crippen molar-refractivity contribution in [2.45, 2.75) is 13.1 Å². The molecule has 186 valence electrons. The van der Waals surface area contributed by atoms with Crippen LogP contribution in [-0.2, 0) is 10.9 Å². The molecule has 0 unspecified atom stereocenters. The third kappa shape index (κ3) is 4.95. The summed E-state index contributed by atoms with van der Waals surface area (Å²) in [7, 11) is 0. The molecule has 0 radical (unpaired) electrons. The van der Waals surface area contributed by atoms with E-state index in [2.05, 4.69) is 10.4 Å². The molecule has 0 bridgehead atoms. The molecule has 1 amide bonds. The normalized spacial score (nSPS) is 11.5. The molecule has 0 saturated heterocycles. The first kappa shape index (κ1) is 25.7. The number of amides is 1. The molecule has 2 aromatic heterocycles. The molecule has 1 N–H and O–H groups in total. The van der Waals surface area contributed by atoms with E-state index in [4.69, 9.17) is 27.9 Å². The summed E-state index contributed by atoms with van der Waals surface area (Å²) in [5, 5.41) is 8.59. The SMILES string of the molecule is CCOC(=O)c1nn(-c2ccc(C(F)(F)F)cc2)c(=O)c2c(NC(=O)c3cc(Cl)ccc3Cl)scc12. The summed E-state index contributed by atoms with van der Waals surface area (Å²) in [6.07, 6.45) is -4.58. The number of halogens is 5. The van der Waals surface area contributed by atoms with Crippen molar-refractivity contribution in [1.82, 2.24) is 9.78 Å². The molecule has 7 nitrogen and oxygen atoms in total. The van der Waals surface area contributed by atoms with Gasteiger partial charge in [0.25, 0.3) is 11.5 Å². The minimum absolute atomic E-state index is 0.0163. The highest BCUT2D eigenvalue weighted by Crippen LogP contribution is 2.33. The summed E-state index contributed by atoms with van der Waals surface area (Å²) in [6.45, 7) is 1.59. The van der Waals surface area contributed by atoms with Crippen molar-refractivity contribution in [3.8, 4) is 5.69 Å². The number of benzene rings is 2. The van der Waals surface area contributed by atoms with Crippen LogP contribution < -0.4 is 10.9 Å². The van der Waals surface area contributed by atoms with Crippen LogP contribution in [0.5, 0.6) is 0 Å². The number of aromatic nitrogens is 2. The van der Waals surface area contributed by atoms with Crippen molar-refractivity contribution in [3.05, 3.63) is 85.1 Å². The maximum absolute atomic E-state index is 13.4. The first-order valence-electron chi connectivity index (χ1n) is 10.2. The molecule has 13 heteroatoms. The molecular weight excluding hydrogens is 542 g/mol. The Bertz CT molecular complexity index is 1550. The third-order valence-corrected chi connectivity index (χ3v) is 6.42. The number of alkyl halides is 3. The molecule has 0 saturated carbocycles. The maximum atomic E-state index is 13.4. The number of anilines is 1. The molecule has 0 fully saturated rings.